The van der Waals surface area contributed by atoms with Crippen LogP contribution in [-0.2, 0) is 6.61 Å². The Morgan fingerprint density at radius 1 is 1.50 bits per heavy atom. The molecule has 2 aromatic rings. The maximum Gasteiger partial charge on any atom is 0.0693 e. The number of aromatic nitrogens is 2. The predicted molar refractivity (Wildman–Crippen MR) is 49.7 cm³/mol. The van der Waals surface area contributed by atoms with E-state index in [0.717, 1.165) is 20.9 Å². The Labute approximate surface area is 77.5 Å². The van der Waals surface area contributed by atoms with Crippen molar-refractivity contribution in [2.75, 3.05) is 0 Å². The number of benzene rings is 1. The van der Waals surface area contributed by atoms with Crippen LogP contribution >= 0.6 is 15.9 Å². The summed E-state index contributed by atoms with van der Waals surface area (Å²) in [5.41, 5.74) is 1.81. The third-order valence-corrected chi connectivity index (χ3v) is 2.52. The molecule has 0 aliphatic carbocycles. The first-order valence-corrected chi connectivity index (χ1v) is 4.33. The zero-order valence-corrected chi connectivity index (χ0v) is 7.80. The summed E-state index contributed by atoms with van der Waals surface area (Å²) in [5.74, 6) is 0. The molecule has 4 heteroatoms. The third kappa shape index (κ3) is 1.13. The third-order valence-electron chi connectivity index (χ3n) is 1.78. The van der Waals surface area contributed by atoms with Crippen molar-refractivity contribution >= 4 is 26.8 Å². The number of aliphatic hydroxyl groups is 1. The number of nitrogens with zero attached hydrogens (tertiary/aromatic N) is 1. The molecule has 0 aliphatic rings. The fourth-order valence-electron chi connectivity index (χ4n) is 1.13. The van der Waals surface area contributed by atoms with Gasteiger partial charge in [0.05, 0.1) is 18.3 Å². The van der Waals surface area contributed by atoms with E-state index in [1.807, 2.05) is 12.1 Å². The molecule has 1 aromatic carbocycles. The van der Waals surface area contributed by atoms with E-state index in [0.29, 0.717) is 0 Å². The second-order valence-electron chi connectivity index (χ2n) is 2.56. The van der Waals surface area contributed by atoms with Gasteiger partial charge in [0.15, 0.2) is 0 Å². The van der Waals surface area contributed by atoms with E-state index in [1.165, 1.54) is 0 Å². The van der Waals surface area contributed by atoms with Crippen molar-refractivity contribution < 1.29 is 5.11 Å². The largest absolute Gasteiger partial charge is 0.392 e. The predicted octanol–water partition coefficient (Wildman–Crippen LogP) is 1.82. The first-order valence-electron chi connectivity index (χ1n) is 3.53. The molecule has 0 spiro atoms. The maximum absolute atomic E-state index is 8.95. The van der Waals surface area contributed by atoms with E-state index in [1.54, 1.807) is 6.20 Å². The minimum absolute atomic E-state index is 0.0372. The Morgan fingerprint density at radius 2 is 2.33 bits per heavy atom. The summed E-state index contributed by atoms with van der Waals surface area (Å²) < 4.78 is 0.916. The molecule has 0 radical (unpaired) electrons. The molecule has 1 aromatic heterocycles. The van der Waals surface area contributed by atoms with Crippen LogP contribution in [0.25, 0.3) is 10.9 Å². The minimum Gasteiger partial charge on any atom is -0.392 e. The minimum atomic E-state index is 0.0372. The molecule has 2 rings (SSSR count). The molecule has 0 fully saturated rings. The number of rotatable bonds is 1. The van der Waals surface area contributed by atoms with Gasteiger partial charge in [0.1, 0.15) is 0 Å². The average molecular weight is 227 g/mol. The van der Waals surface area contributed by atoms with Gasteiger partial charge >= 0.3 is 0 Å². The van der Waals surface area contributed by atoms with E-state index in [2.05, 4.69) is 26.1 Å². The SMILES string of the molecule is OCc1cc2[nH]ncc2cc1Br. The zero-order valence-electron chi connectivity index (χ0n) is 6.21. The molecule has 0 amide bonds. The summed E-state index contributed by atoms with van der Waals surface area (Å²) in [6.07, 6.45) is 1.75. The van der Waals surface area contributed by atoms with Gasteiger partial charge in [-0.1, -0.05) is 15.9 Å². The van der Waals surface area contributed by atoms with Crippen LogP contribution in [0.5, 0.6) is 0 Å². The maximum atomic E-state index is 8.95. The molecule has 0 atom stereocenters. The summed E-state index contributed by atoms with van der Waals surface area (Å²) in [6.45, 7) is 0.0372. The smallest absolute Gasteiger partial charge is 0.0693 e. The summed E-state index contributed by atoms with van der Waals surface area (Å²) in [5, 5.41) is 16.7. The average Bonchev–Trinajstić information content (AvgIpc) is 2.49. The van der Waals surface area contributed by atoms with E-state index in [9.17, 15) is 0 Å². The molecule has 62 valence electrons. The Balaban J connectivity index is 2.73. The Bertz CT molecular complexity index is 410. The van der Waals surface area contributed by atoms with Gasteiger partial charge in [0.25, 0.3) is 0 Å². The molecular weight excluding hydrogens is 220 g/mol. The van der Waals surface area contributed by atoms with Gasteiger partial charge in [-0.15, -0.1) is 0 Å². The van der Waals surface area contributed by atoms with Gasteiger partial charge in [-0.2, -0.15) is 5.10 Å². The van der Waals surface area contributed by atoms with Crippen molar-refractivity contribution in [3.05, 3.63) is 28.4 Å². The van der Waals surface area contributed by atoms with E-state index < -0.39 is 0 Å². The summed E-state index contributed by atoms with van der Waals surface area (Å²) in [4.78, 5) is 0. The molecular formula is C8H7BrN2O. The highest BCUT2D eigenvalue weighted by molar-refractivity contribution is 9.10. The molecule has 0 saturated carbocycles. The number of aliphatic hydroxyl groups excluding tert-OH is 1. The van der Waals surface area contributed by atoms with Crippen LogP contribution in [0.3, 0.4) is 0 Å². The molecule has 12 heavy (non-hydrogen) atoms. The number of hydrogen-bond acceptors (Lipinski definition) is 2. The second-order valence-corrected chi connectivity index (χ2v) is 3.41. The lowest BCUT2D eigenvalue weighted by Crippen LogP contribution is -1.84. The van der Waals surface area contributed by atoms with Gasteiger partial charge in [-0.25, -0.2) is 0 Å². The first kappa shape index (κ1) is 7.76. The molecule has 0 aliphatic heterocycles. The standard InChI is InChI=1S/C8H7BrN2O/c9-7-1-5-3-10-11-8(5)2-6(7)4-12/h1-3,12H,4H2,(H,10,11). The van der Waals surface area contributed by atoms with Crippen molar-refractivity contribution in [1.29, 1.82) is 0 Å². The lowest BCUT2D eigenvalue weighted by molar-refractivity contribution is 0.281. The molecule has 0 saturated heterocycles. The van der Waals surface area contributed by atoms with Crippen molar-refractivity contribution in [3.63, 3.8) is 0 Å². The molecule has 0 bridgehead atoms. The molecule has 1 heterocycles. The van der Waals surface area contributed by atoms with Crippen LogP contribution in [0.2, 0.25) is 0 Å². The molecule has 2 N–H and O–H groups in total. The Kier molecular flexibility index (Phi) is 1.86. The van der Waals surface area contributed by atoms with Crippen LogP contribution in [-0.4, -0.2) is 15.3 Å². The van der Waals surface area contributed by atoms with Crippen LogP contribution in [0.15, 0.2) is 22.8 Å². The number of aromatic amines is 1. The van der Waals surface area contributed by atoms with Gasteiger partial charge in [-0.05, 0) is 17.7 Å². The number of hydrogen-bond donors (Lipinski definition) is 2. The number of nitrogens with one attached hydrogen (secondary N) is 1. The normalized spacial score (nSPS) is 10.8. The van der Waals surface area contributed by atoms with E-state index in [4.69, 9.17) is 5.11 Å². The lowest BCUT2D eigenvalue weighted by atomic mass is 10.2. The molecule has 0 unspecified atom stereocenters. The fraction of sp³-hybridized carbons (Fsp3) is 0.125. The van der Waals surface area contributed by atoms with Crippen LogP contribution in [0, 0.1) is 0 Å². The fourth-order valence-corrected chi connectivity index (χ4v) is 1.62. The quantitative estimate of drug-likeness (QED) is 0.780. The van der Waals surface area contributed by atoms with Crippen molar-refractivity contribution in [2.45, 2.75) is 6.61 Å². The number of halogens is 1. The van der Waals surface area contributed by atoms with Crippen LogP contribution in [0.1, 0.15) is 5.56 Å². The number of fused-ring (bicyclic) bond motifs is 1. The van der Waals surface area contributed by atoms with Crippen LogP contribution in [0.4, 0.5) is 0 Å². The van der Waals surface area contributed by atoms with Crippen molar-refractivity contribution in [2.24, 2.45) is 0 Å². The summed E-state index contributed by atoms with van der Waals surface area (Å²) in [6, 6.07) is 3.82. The highest BCUT2D eigenvalue weighted by Gasteiger charge is 2.02. The second kappa shape index (κ2) is 2.88. The summed E-state index contributed by atoms with van der Waals surface area (Å²) >= 11 is 3.36. The first-order chi connectivity index (χ1) is 5.81. The monoisotopic (exact) mass is 226 g/mol. The van der Waals surface area contributed by atoms with Crippen LogP contribution < -0.4 is 0 Å². The topological polar surface area (TPSA) is 48.9 Å². The number of H-pyrrole nitrogens is 1. The lowest BCUT2D eigenvalue weighted by Gasteiger charge is -1.99. The molecule has 3 nitrogen and oxygen atoms in total. The van der Waals surface area contributed by atoms with Crippen molar-refractivity contribution in [3.8, 4) is 0 Å². The zero-order chi connectivity index (χ0) is 8.55. The van der Waals surface area contributed by atoms with Crippen molar-refractivity contribution in [1.82, 2.24) is 10.2 Å². The van der Waals surface area contributed by atoms with Gasteiger partial charge < -0.3 is 5.11 Å². The Hall–Kier alpha value is -0.870. The van der Waals surface area contributed by atoms with E-state index in [-0.39, 0.29) is 6.61 Å². The summed E-state index contributed by atoms with van der Waals surface area (Å²) in [7, 11) is 0. The Morgan fingerprint density at radius 3 is 3.08 bits per heavy atom. The highest BCUT2D eigenvalue weighted by Crippen LogP contribution is 2.22. The highest BCUT2D eigenvalue weighted by atomic mass is 79.9. The van der Waals surface area contributed by atoms with Gasteiger partial charge in [0, 0.05) is 9.86 Å². The van der Waals surface area contributed by atoms with Gasteiger partial charge in [0.2, 0.25) is 0 Å². The van der Waals surface area contributed by atoms with Gasteiger partial charge in [-0.3, -0.25) is 5.10 Å². The van der Waals surface area contributed by atoms with E-state index >= 15 is 0 Å².